The molecule has 0 spiro atoms. The Bertz CT molecular complexity index is 1530. The van der Waals surface area contributed by atoms with Crippen LogP contribution in [0.25, 0.3) is 27.4 Å². The first-order valence-electron chi connectivity index (χ1n) is 10.8. The van der Waals surface area contributed by atoms with E-state index in [1.54, 1.807) is 10.8 Å². The lowest BCUT2D eigenvalue weighted by Crippen LogP contribution is -2.24. The van der Waals surface area contributed by atoms with Gasteiger partial charge in [0.15, 0.2) is 0 Å². The molecule has 0 atom stereocenters. The van der Waals surface area contributed by atoms with Crippen LogP contribution in [0.3, 0.4) is 0 Å². The summed E-state index contributed by atoms with van der Waals surface area (Å²) in [6.45, 7) is 2.17. The monoisotopic (exact) mass is 434 g/mol. The number of esters is 1. The van der Waals surface area contributed by atoms with Gasteiger partial charge in [-0.3, -0.25) is 19.1 Å². The van der Waals surface area contributed by atoms with E-state index in [2.05, 4.69) is 4.98 Å². The topological polar surface area (TPSA) is 61.2 Å². The SMILES string of the molecule is Cc1ccc2c(=O)n(-c3cccc4cccnc34)c(CC(=O)OCc3ccccc3)cc2c1. The Kier molecular flexibility index (Phi) is 5.45. The van der Waals surface area contributed by atoms with E-state index < -0.39 is 5.97 Å². The summed E-state index contributed by atoms with van der Waals surface area (Å²) in [4.78, 5) is 31.0. The first-order valence-corrected chi connectivity index (χ1v) is 10.8. The average molecular weight is 434 g/mol. The smallest absolute Gasteiger partial charge is 0.312 e. The molecule has 0 amide bonds. The van der Waals surface area contributed by atoms with Gasteiger partial charge in [-0.15, -0.1) is 0 Å². The number of ether oxygens (including phenoxy) is 1. The number of pyridine rings is 2. The van der Waals surface area contributed by atoms with Crippen molar-refractivity contribution in [3.63, 3.8) is 0 Å². The third-order valence-electron chi connectivity index (χ3n) is 5.67. The lowest BCUT2D eigenvalue weighted by molar-refractivity contribution is -0.144. The largest absolute Gasteiger partial charge is 0.461 e. The van der Waals surface area contributed by atoms with Crippen LogP contribution in [0.2, 0.25) is 0 Å². The Morgan fingerprint density at radius 3 is 2.58 bits per heavy atom. The Hall–Kier alpha value is -4.25. The number of benzene rings is 3. The van der Waals surface area contributed by atoms with E-state index in [1.807, 2.05) is 91.9 Å². The molecule has 5 nitrogen and oxygen atoms in total. The second-order valence-corrected chi connectivity index (χ2v) is 8.04. The van der Waals surface area contributed by atoms with Gasteiger partial charge in [0.25, 0.3) is 5.56 Å². The minimum atomic E-state index is -0.396. The van der Waals surface area contributed by atoms with Crippen LogP contribution >= 0.6 is 0 Å². The van der Waals surface area contributed by atoms with Gasteiger partial charge in [0.2, 0.25) is 0 Å². The molecule has 0 fully saturated rings. The molecule has 5 rings (SSSR count). The molecule has 162 valence electrons. The lowest BCUT2D eigenvalue weighted by Gasteiger charge is -2.16. The highest BCUT2D eigenvalue weighted by atomic mass is 16.5. The van der Waals surface area contributed by atoms with Gasteiger partial charge in [-0.2, -0.15) is 0 Å². The molecule has 0 radical (unpaired) electrons. The van der Waals surface area contributed by atoms with Crippen molar-refractivity contribution in [2.75, 3.05) is 0 Å². The molecule has 2 aromatic heterocycles. The highest BCUT2D eigenvalue weighted by Gasteiger charge is 2.17. The fourth-order valence-electron chi connectivity index (χ4n) is 4.09. The zero-order valence-corrected chi connectivity index (χ0v) is 18.2. The number of hydrogen-bond donors (Lipinski definition) is 0. The molecule has 0 unspecified atom stereocenters. The van der Waals surface area contributed by atoms with Gasteiger partial charge in [-0.05, 0) is 42.1 Å². The molecule has 0 aliphatic heterocycles. The summed E-state index contributed by atoms with van der Waals surface area (Å²) in [7, 11) is 0. The Labute approximate surface area is 190 Å². The summed E-state index contributed by atoms with van der Waals surface area (Å²) in [5.41, 5.74) is 3.68. The third kappa shape index (κ3) is 4.13. The number of carbonyl (C=O) groups is 1. The van der Waals surface area contributed by atoms with E-state index in [9.17, 15) is 9.59 Å². The molecule has 3 aromatic carbocycles. The second kappa shape index (κ2) is 8.71. The molecule has 0 N–H and O–H groups in total. The van der Waals surface area contributed by atoms with Crippen molar-refractivity contribution in [1.82, 2.24) is 9.55 Å². The maximum Gasteiger partial charge on any atom is 0.312 e. The van der Waals surface area contributed by atoms with E-state index in [-0.39, 0.29) is 18.6 Å². The van der Waals surface area contributed by atoms with Crippen LogP contribution in [-0.4, -0.2) is 15.5 Å². The number of aromatic nitrogens is 2. The van der Waals surface area contributed by atoms with Gasteiger partial charge in [-0.1, -0.05) is 66.2 Å². The summed E-state index contributed by atoms with van der Waals surface area (Å²) in [6, 6.07) is 26.7. The summed E-state index contributed by atoms with van der Waals surface area (Å²) in [6.07, 6.45) is 1.67. The van der Waals surface area contributed by atoms with Crippen molar-refractivity contribution < 1.29 is 9.53 Å². The Morgan fingerprint density at radius 1 is 0.909 bits per heavy atom. The quantitative estimate of drug-likeness (QED) is 0.360. The van der Waals surface area contributed by atoms with E-state index in [0.29, 0.717) is 22.3 Å². The van der Waals surface area contributed by atoms with E-state index in [0.717, 1.165) is 21.9 Å². The molecule has 5 aromatic rings. The average Bonchev–Trinajstić information content (AvgIpc) is 2.83. The summed E-state index contributed by atoms with van der Waals surface area (Å²) >= 11 is 0. The minimum absolute atomic E-state index is 0.0326. The highest BCUT2D eigenvalue weighted by molar-refractivity contribution is 5.89. The van der Waals surface area contributed by atoms with Crippen LogP contribution in [0.5, 0.6) is 0 Å². The molecule has 0 bridgehead atoms. The molecule has 33 heavy (non-hydrogen) atoms. The van der Waals surface area contributed by atoms with E-state index in [1.165, 1.54) is 0 Å². The molecule has 0 aliphatic carbocycles. The van der Waals surface area contributed by atoms with Crippen LogP contribution in [0.4, 0.5) is 0 Å². The molecule has 2 heterocycles. The zero-order valence-electron chi connectivity index (χ0n) is 18.2. The Morgan fingerprint density at radius 2 is 1.73 bits per heavy atom. The maximum absolute atomic E-state index is 13.6. The predicted octanol–water partition coefficient (Wildman–Crippen LogP) is 5.13. The first kappa shape index (κ1) is 20.6. The van der Waals surface area contributed by atoms with Crippen molar-refractivity contribution in [3.8, 4) is 5.69 Å². The lowest BCUT2D eigenvalue weighted by atomic mass is 10.1. The normalized spacial score (nSPS) is 11.1. The molecule has 5 heteroatoms. The number of para-hydroxylation sites is 1. The van der Waals surface area contributed by atoms with Crippen molar-refractivity contribution in [2.45, 2.75) is 20.0 Å². The van der Waals surface area contributed by atoms with Crippen molar-refractivity contribution >= 4 is 27.6 Å². The fraction of sp³-hybridized carbons (Fsp3) is 0.107. The van der Waals surface area contributed by atoms with Crippen LogP contribution in [0.1, 0.15) is 16.8 Å². The van der Waals surface area contributed by atoms with Gasteiger partial charge in [-0.25, -0.2) is 0 Å². The van der Waals surface area contributed by atoms with Crippen LogP contribution < -0.4 is 5.56 Å². The molecular formula is C28H22N2O3. The zero-order chi connectivity index (χ0) is 22.8. The fourth-order valence-corrected chi connectivity index (χ4v) is 4.09. The van der Waals surface area contributed by atoms with Crippen molar-refractivity contribution in [3.05, 3.63) is 118 Å². The summed E-state index contributed by atoms with van der Waals surface area (Å²) in [5, 5.41) is 2.31. The van der Waals surface area contributed by atoms with E-state index >= 15 is 0 Å². The van der Waals surface area contributed by atoms with Crippen molar-refractivity contribution in [1.29, 1.82) is 0 Å². The highest BCUT2D eigenvalue weighted by Crippen LogP contribution is 2.23. The number of hydrogen-bond acceptors (Lipinski definition) is 4. The maximum atomic E-state index is 13.6. The summed E-state index contributed by atoms with van der Waals surface area (Å²) in [5.74, 6) is -0.396. The van der Waals surface area contributed by atoms with Gasteiger partial charge in [0.05, 0.1) is 17.6 Å². The standard InChI is InChI=1S/C28H22N2O3/c1-19-12-13-24-22(15-19)16-23(17-26(31)33-18-20-7-3-2-4-8-20)30(28(24)32)25-11-5-9-21-10-6-14-29-27(21)25/h2-16H,17-18H2,1H3. The predicted molar refractivity (Wildman–Crippen MR) is 130 cm³/mol. The molecule has 0 saturated heterocycles. The van der Waals surface area contributed by atoms with Gasteiger partial charge in [0, 0.05) is 22.7 Å². The first-order chi connectivity index (χ1) is 16.1. The molecule has 0 saturated carbocycles. The second-order valence-electron chi connectivity index (χ2n) is 8.04. The molecule has 0 aliphatic rings. The number of nitrogens with zero attached hydrogens (tertiary/aromatic N) is 2. The summed E-state index contributed by atoms with van der Waals surface area (Å²) < 4.78 is 7.11. The van der Waals surface area contributed by atoms with Crippen LogP contribution in [-0.2, 0) is 22.6 Å². The number of carbonyl (C=O) groups excluding carboxylic acids is 1. The van der Waals surface area contributed by atoms with Gasteiger partial charge < -0.3 is 4.74 Å². The van der Waals surface area contributed by atoms with Crippen LogP contribution in [0.15, 0.2) is 95.9 Å². The van der Waals surface area contributed by atoms with Crippen LogP contribution in [0, 0.1) is 6.92 Å². The van der Waals surface area contributed by atoms with Gasteiger partial charge >= 0.3 is 5.97 Å². The van der Waals surface area contributed by atoms with E-state index in [4.69, 9.17) is 4.74 Å². The minimum Gasteiger partial charge on any atom is -0.461 e. The molecular weight excluding hydrogens is 412 g/mol. The van der Waals surface area contributed by atoms with Gasteiger partial charge in [0.1, 0.15) is 6.61 Å². The number of aryl methyl sites for hydroxylation is 1. The Balaban J connectivity index is 1.62. The number of fused-ring (bicyclic) bond motifs is 2. The third-order valence-corrected chi connectivity index (χ3v) is 5.67. The van der Waals surface area contributed by atoms with Crippen molar-refractivity contribution in [2.24, 2.45) is 0 Å². The number of rotatable bonds is 5.